The standard InChI is InChI=1S/C13H13N3O2/c1-7-10(6-17)13(16-11(7)9(3)18)12-8(2)14-4-5-15-12/h4-6,16H,1-3H3. The van der Waals surface area contributed by atoms with Gasteiger partial charge in [0.1, 0.15) is 5.69 Å². The first-order chi connectivity index (χ1) is 8.56. The van der Waals surface area contributed by atoms with Gasteiger partial charge in [-0.2, -0.15) is 0 Å². The van der Waals surface area contributed by atoms with E-state index in [-0.39, 0.29) is 5.78 Å². The maximum Gasteiger partial charge on any atom is 0.176 e. The van der Waals surface area contributed by atoms with E-state index >= 15 is 0 Å². The molecular formula is C13H13N3O2. The Labute approximate surface area is 104 Å². The van der Waals surface area contributed by atoms with Gasteiger partial charge >= 0.3 is 0 Å². The molecule has 2 aromatic rings. The first-order valence-corrected chi connectivity index (χ1v) is 5.53. The normalized spacial score (nSPS) is 10.4. The Balaban J connectivity index is 2.72. The molecule has 2 heterocycles. The number of aromatic amines is 1. The molecule has 0 fully saturated rings. The average Bonchev–Trinajstić information content (AvgIpc) is 2.67. The summed E-state index contributed by atoms with van der Waals surface area (Å²) in [6.45, 7) is 5.01. The highest BCUT2D eigenvalue weighted by Crippen LogP contribution is 2.26. The zero-order chi connectivity index (χ0) is 13.3. The molecule has 1 N–H and O–H groups in total. The molecule has 0 bridgehead atoms. The lowest BCUT2D eigenvalue weighted by Gasteiger charge is -2.01. The zero-order valence-electron chi connectivity index (χ0n) is 10.4. The van der Waals surface area contributed by atoms with Gasteiger partial charge in [-0.25, -0.2) is 0 Å². The van der Waals surface area contributed by atoms with Crippen molar-refractivity contribution in [2.45, 2.75) is 20.8 Å². The number of aryl methyl sites for hydroxylation is 1. The summed E-state index contributed by atoms with van der Waals surface area (Å²) < 4.78 is 0. The molecule has 0 aliphatic carbocycles. The van der Waals surface area contributed by atoms with Crippen molar-refractivity contribution in [2.75, 3.05) is 0 Å². The molecule has 0 aliphatic rings. The van der Waals surface area contributed by atoms with Gasteiger partial charge in [-0.3, -0.25) is 19.6 Å². The lowest BCUT2D eigenvalue weighted by atomic mass is 10.1. The zero-order valence-corrected chi connectivity index (χ0v) is 10.4. The van der Waals surface area contributed by atoms with Crippen molar-refractivity contribution in [3.8, 4) is 11.4 Å². The second-order valence-corrected chi connectivity index (χ2v) is 4.08. The van der Waals surface area contributed by atoms with Crippen LogP contribution >= 0.6 is 0 Å². The molecular weight excluding hydrogens is 230 g/mol. The highest BCUT2D eigenvalue weighted by molar-refractivity contribution is 5.99. The van der Waals surface area contributed by atoms with E-state index in [0.717, 1.165) is 6.29 Å². The molecule has 92 valence electrons. The van der Waals surface area contributed by atoms with Crippen molar-refractivity contribution < 1.29 is 9.59 Å². The number of carbonyl (C=O) groups excluding carboxylic acids is 2. The molecule has 0 aromatic carbocycles. The van der Waals surface area contributed by atoms with Crippen LogP contribution in [-0.2, 0) is 0 Å². The van der Waals surface area contributed by atoms with Gasteiger partial charge in [0.25, 0.3) is 0 Å². The van der Waals surface area contributed by atoms with Crippen LogP contribution in [0.25, 0.3) is 11.4 Å². The fourth-order valence-corrected chi connectivity index (χ4v) is 1.95. The van der Waals surface area contributed by atoms with Crippen LogP contribution in [0.5, 0.6) is 0 Å². The van der Waals surface area contributed by atoms with E-state index in [1.54, 1.807) is 26.2 Å². The lowest BCUT2D eigenvalue weighted by molar-refractivity contribution is 0.101. The Hall–Kier alpha value is -2.30. The number of aromatic nitrogens is 3. The van der Waals surface area contributed by atoms with E-state index < -0.39 is 0 Å². The average molecular weight is 243 g/mol. The summed E-state index contributed by atoms with van der Waals surface area (Å²) in [7, 11) is 0. The molecule has 0 saturated heterocycles. The number of hydrogen-bond donors (Lipinski definition) is 1. The van der Waals surface area contributed by atoms with Crippen LogP contribution in [-0.4, -0.2) is 27.0 Å². The summed E-state index contributed by atoms with van der Waals surface area (Å²) >= 11 is 0. The predicted molar refractivity (Wildman–Crippen MR) is 66.7 cm³/mol. The number of hydrogen-bond acceptors (Lipinski definition) is 4. The molecule has 0 atom stereocenters. The van der Waals surface area contributed by atoms with Crippen LogP contribution in [0.4, 0.5) is 0 Å². The third-order valence-corrected chi connectivity index (χ3v) is 2.89. The van der Waals surface area contributed by atoms with E-state index in [0.29, 0.717) is 33.9 Å². The lowest BCUT2D eigenvalue weighted by Crippen LogP contribution is -1.95. The number of Topliss-reactive ketones (excluding diaryl/α,β-unsaturated/α-hetero) is 1. The molecule has 0 spiro atoms. The number of nitrogens with one attached hydrogen (secondary N) is 1. The van der Waals surface area contributed by atoms with Crippen LogP contribution in [0.2, 0.25) is 0 Å². The van der Waals surface area contributed by atoms with Crippen molar-refractivity contribution in [2.24, 2.45) is 0 Å². The quantitative estimate of drug-likeness (QED) is 0.661. The first-order valence-electron chi connectivity index (χ1n) is 5.53. The van der Waals surface area contributed by atoms with Crippen LogP contribution < -0.4 is 0 Å². The largest absolute Gasteiger partial charge is 0.350 e. The summed E-state index contributed by atoms with van der Waals surface area (Å²) in [6.07, 6.45) is 3.88. The summed E-state index contributed by atoms with van der Waals surface area (Å²) in [5.74, 6) is -0.108. The molecule has 18 heavy (non-hydrogen) atoms. The van der Waals surface area contributed by atoms with E-state index in [4.69, 9.17) is 0 Å². The van der Waals surface area contributed by atoms with Gasteiger partial charge in [0, 0.05) is 24.9 Å². The van der Waals surface area contributed by atoms with Crippen molar-refractivity contribution >= 4 is 12.1 Å². The van der Waals surface area contributed by atoms with E-state index in [1.807, 2.05) is 0 Å². The van der Waals surface area contributed by atoms with Crippen LogP contribution in [0.15, 0.2) is 12.4 Å². The third kappa shape index (κ3) is 1.84. The smallest absolute Gasteiger partial charge is 0.176 e. The number of aldehydes is 1. The molecule has 0 radical (unpaired) electrons. The molecule has 0 unspecified atom stereocenters. The second-order valence-electron chi connectivity index (χ2n) is 4.08. The third-order valence-electron chi connectivity index (χ3n) is 2.89. The Bertz CT molecular complexity index is 629. The number of carbonyl (C=O) groups is 2. The second kappa shape index (κ2) is 4.52. The molecule has 0 saturated carbocycles. The maximum atomic E-state index is 11.5. The van der Waals surface area contributed by atoms with Crippen LogP contribution in [0, 0.1) is 13.8 Å². The van der Waals surface area contributed by atoms with Gasteiger partial charge in [0.2, 0.25) is 0 Å². The molecule has 0 aliphatic heterocycles. The van der Waals surface area contributed by atoms with E-state index in [9.17, 15) is 9.59 Å². The summed E-state index contributed by atoms with van der Waals surface area (Å²) in [4.78, 5) is 34.0. The fraction of sp³-hybridized carbons (Fsp3) is 0.231. The minimum Gasteiger partial charge on any atom is -0.350 e. The van der Waals surface area contributed by atoms with Crippen molar-refractivity contribution in [3.63, 3.8) is 0 Å². The Morgan fingerprint density at radius 2 is 1.94 bits per heavy atom. The highest BCUT2D eigenvalue weighted by Gasteiger charge is 2.19. The minimum atomic E-state index is -0.108. The van der Waals surface area contributed by atoms with Gasteiger partial charge in [-0.15, -0.1) is 0 Å². The highest BCUT2D eigenvalue weighted by atomic mass is 16.1. The number of rotatable bonds is 3. The maximum absolute atomic E-state index is 11.5. The number of H-pyrrole nitrogens is 1. The molecule has 0 amide bonds. The minimum absolute atomic E-state index is 0.108. The van der Waals surface area contributed by atoms with Gasteiger partial charge in [0.15, 0.2) is 12.1 Å². The van der Waals surface area contributed by atoms with Crippen LogP contribution in [0.3, 0.4) is 0 Å². The van der Waals surface area contributed by atoms with E-state index in [1.165, 1.54) is 6.92 Å². The molecule has 2 rings (SSSR count). The van der Waals surface area contributed by atoms with E-state index in [2.05, 4.69) is 15.0 Å². The molecule has 5 heteroatoms. The Morgan fingerprint density at radius 1 is 1.28 bits per heavy atom. The van der Waals surface area contributed by atoms with Crippen LogP contribution in [0.1, 0.15) is 39.0 Å². The SMILES string of the molecule is CC(=O)c1[nH]c(-c2nccnc2C)c(C=O)c1C. The van der Waals surface area contributed by atoms with Crippen molar-refractivity contribution in [3.05, 3.63) is 34.9 Å². The van der Waals surface area contributed by atoms with Gasteiger partial charge < -0.3 is 4.98 Å². The monoisotopic (exact) mass is 243 g/mol. The molecule has 2 aromatic heterocycles. The number of ketones is 1. The molecule has 5 nitrogen and oxygen atoms in total. The van der Waals surface area contributed by atoms with Gasteiger partial charge in [-0.1, -0.05) is 0 Å². The van der Waals surface area contributed by atoms with Crippen molar-refractivity contribution in [1.82, 2.24) is 15.0 Å². The Kier molecular flexibility index (Phi) is 3.06. The Morgan fingerprint density at radius 3 is 2.50 bits per heavy atom. The number of nitrogens with zero attached hydrogens (tertiary/aromatic N) is 2. The van der Waals surface area contributed by atoms with Crippen molar-refractivity contribution in [1.29, 1.82) is 0 Å². The predicted octanol–water partition coefficient (Wildman–Crippen LogP) is 2.10. The summed E-state index contributed by atoms with van der Waals surface area (Å²) in [6, 6.07) is 0. The van der Waals surface area contributed by atoms with Gasteiger partial charge in [0.05, 0.1) is 17.1 Å². The van der Waals surface area contributed by atoms with Gasteiger partial charge in [-0.05, 0) is 19.4 Å². The fourth-order valence-electron chi connectivity index (χ4n) is 1.95. The first kappa shape index (κ1) is 12.2. The summed E-state index contributed by atoms with van der Waals surface area (Å²) in [5, 5.41) is 0. The topological polar surface area (TPSA) is 75.7 Å². The summed E-state index contributed by atoms with van der Waals surface area (Å²) in [5.41, 5.74) is 3.41.